The molecule has 0 saturated heterocycles. The monoisotopic (exact) mass is 382 g/mol. The molecule has 7 nitrogen and oxygen atoms in total. The van der Waals surface area contributed by atoms with E-state index in [1.54, 1.807) is 25.1 Å². The maximum Gasteiger partial charge on any atom is 0.344 e. The van der Waals surface area contributed by atoms with Crippen molar-refractivity contribution < 1.29 is 23.6 Å². The number of aryl methyl sites for hydroxylation is 3. The van der Waals surface area contributed by atoms with Gasteiger partial charge in [0, 0.05) is 23.0 Å². The van der Waals surface area contributed by atoms with Crippen molar-refractivity contribution in [1.29, 1.82) is 0 Å². The lowest BCUT2D eigenvalue weighted by Crippen LogP contribution is -2.19. The van der Waals surface area contributed by atoms with Crippen molar-refractivity contribution >= 4 is 11.8 Å². The molecule has 1 aromatic carbocycles. The lowest BCUT2D eigenvalue weighted by atomic mass is 10.1. The fourth-order valence-corrected chi connectivity index (χ4v) is 2.97. The summed E-state index contributed by atoms with van der Waals surface area (Å²) in [5.41, 5.74) is 3.05. The molecule has 146 valence electrons. The minimum Gasteiger partial charge on any atom is -0.482 e. The van der Waals surface area contributed by atoms with Crippen molar-refractivity contribution in [1.82, 2.24) is 9.72 Å². The Morgan fingerprint density at radius 2 is 1.86 bits per heavy atom. The first-order chi connectivity index (χ1) is 13.3. The number of hydrogen-bond donors (Lipinski definition) is 0. The molecule has 0 spiro atoms. The van der Waals surface area contributed by atoms with Gasteiger partial charge in [-0.1, -0.05) is 17.3 Å². The Morgan fingerprint density at radius 1 is 1.07 bits per heavy atom. The molecular formula is C21H22N2O5. The summed E-state index contributed by atoms with van der Waals surface area (Å²) in [7, 11) is 0. The minimum absolute atomic E-state index is 0.256. The van der Waals surface area contributed by atoms with E-state index in [0.717, 1.165) is 11.3 Å². The van der Waals surface area contributed by atoms with Gasteiger partial charge in [0.05, 0.1) is 0 Å². The number of esters is 1. The maximum absolute atomic E-state index is 12.5. The number of benzene rings is 1. The molecule has 2 aromatic heterocycles. The first kappa shape index (κ1) is 19.4. The highest BCUT2D eigenvalue weighted by Gasteiger charge is 2.19. The Balaban J connectivity index is 1.60. The van der Waals surface area contributed by atoms with Crippen LogP contribution in [0.25, 0.3) is 5.82 Å². The van der Waals surface area contributed by atoms with E-state index in [4.69, 9.17) is 14.0 Å². The molecule has 0 amide bonds. The predicted molar refractivity (Wildman–Crippen MR) is 102 cm³/mol. The van der Waals surface area contributed by atoms with E-state index in [-0.39, 0.29) is 19.0 Å². The third-order valence-electron chi connectivity index (χ3n) is 4.29. The molecular weight excluding hydrogens is 360 g/mol. The average Bonchev–Trinajstić information content (AvgIpc) is 3.20. The second kappa shape index (κ2) is 8.12. The topological polar surface area (TPSA) is 83.6 Å². The molecule has 2 heterocycles. The third-order valence-corrected chi connectivity index (χ3v) is 4.29. The number of rotatable bonds is 7. The Labute approximate surface area is 162 Å². The molecule has 0 radical (unpaired) electrons. The van der Waals surface area contributed by atoms with Crippen molar-refractivity contribution in [3.8, 4) is 11.6 Å². The van der Waals surface area contributed by atoms with Crippen molar-refractivity contribution in [2.75, 3.05) is 13.2 Å². The van der Waals surface area contributed by atoms with Gasteiger partial charge in [-0.05, 0) is 51.5 Å². The zero-order valence-corrected chi connectivity index (χ0v) is 16.3. The number of Topliss-reactive ketones (excluding diaryl/α,β-unsaturated/α-hetero) is 1. The van der Waals surface area contributed by atoms with Gasteiger partial charge in [-0.3, -0.25) is 9.36 Å². The summed E-state index contributed by atoms with van der Waals surface area (Å²) in [6.07, 6.45) is 0. The molecule has 0 aliphatic heterocycles. The molecule has 3 aromatic rings. The molecule has 3 rings (SSSR count). The summed E-state index contributed by atoms with van der Waals surface area (Å²) in [5, 5.41) is 3.99. The molecule has 0 fully saturated rings. The molecule has 0 aliphatic carbocycles. The van der Waals surface area contributed by atoms with Gasteiger partial charge in [-0.2, -0.15) is 0 Å². The standard InChI is InChI=1S/C21H22N2O5/c1-13-6-5-7-17(8-13)26-12-21(25)27-11-19(24)18-9-14(2)23(16(18)4)20-10-15(3)28-22-20/h5-10H,11-12H2,1-4H3. The second-order valence-corrected chi connectivity index (χ2v) is 6.61. The van der Waals surface area contributed by atoms with Gasteiger partial charge in [-0.25, -0.2) is 4.79 Å². The molecule has 0 aliphatic rings. The number of carbonyl (C=O) groups is 2. The summed E-state index contributed by atoms with van der Waals surface area (Å²) in [6.45, 7) is 6.81. The number of carbonyl (C=O) groups excluding carboxylic acids is 2. The predicted octanol–water partition coefficient (Wildman–Crippen LogP) is 3.50. The third kappa shape index (κ3) is 4.31. The van der Waals surface area contributed by atoms with Gasteiger partial charge in [0.15, 0.2) is 19.0 Å². The van der Waals surface area contributed by atoms with Crippen LogP contribution in [-0.2, 0) is 9.53 Å². The summed E-state index contributed by atoms with van der Waals surface area (Å²) >= 11 is 0. The van der Waals surface area contributed by atoms with Gasteiger partial charge < -0.3 is 14.0 Å². The van der Waals surface area contributed by atoms with E-state index in [9.17, 15) is 9.59 Å². The maximum atomic E-state index is 12.5. The number of ether oxygens (including phenoxy) is 2. The highest BCUT2D eigenvalue weighted by Crippen LogP contribution is 2.21. The molecule has 0 unspecified atom stereocenters. The smallest absolute Gasteiger partial charge is 0.344 e. The van der Waals surface area contributed by atoms with Gasteiger partial charge in [-0.15, -0.1) is 0 Å². The van der Waals surface area contributed by atoms with Crippen LogP contribution in [0, 0.1) is 27.7 Å². The molecule has 0 atom stereocenters. The lowest BCUT2D eigenvalue weighted by molar-refractivity contribution is -0.144. The largest absolute Gasteiger partial charge is 0.482 e. The zero-order valence-electron chi connectivity index (χ0n) is 16.3. The van der Waals surface area contributed by atoms with E-state index in [2.05, 4.69) is 5.16 Å². The zero-order chi connectivity index (χ0) is 20.3. The van der Waals surface area contributed by atoms with Crippen molar-refractivity contribution in [2.45, 2.75) is 27.7 Å². The van der Waals surface area contributed by atoms with Gasteiger partial charge in [0.25, 0.3) is 0 Å². The van der Waals surface area contributed by atoms with Gasteiger partial charge in [0.1, 0.15) is 11.5 Å². The number of aromatic nitrogens is 2. The van der Waals surface area contributed by atoms with Crippen LogP contribution < -0.4 is 4.74 Å². The average molecular weight is 382 g/mol. The highest BCUT2D eigenvalue weighted by molar-refractivity contribution is 5.99. The van der Waals surface area contributed by atoms with Crippen LogP contribution in [0.2, 0.25) is 0 Å². The van der Waals surface area contributed by atoms with Crippen LogP contribution in [0.15, 0.2) is 40.9 Å². The summed E-state index contributed by atoms with van der Waals surface area (Å²) in [4.78, 5) is 24.4. The number of hydrogen-bond acceptors (Lipinski definition) is 6. The van der Waals surface area contributed by atoms with Crippen LogP contribution in [-0.4, -0.2) is 34.7 Å². The van der Waals surface area contributed by atoms with Crippen LogP contribution in [0.5, 0.6) is 5.75 Å². The van der Waals surface area contributed by atoms with Crippen LogP contribution in [0.4, 0.5) is 0 Å². The van der Waals surface area contributed by atoms with E-state index >= 15 is 0 Å². The molecule has 0 bridgehead atoms. The lowest BCUT2D eigenvalue weighted by Gasteiger charge is -2.08. The Kier molecular flexibility index (Phi) is 5.63. The van der Waals surface area contributed by atoms with Gasteiger partial charge in [0.2, 0.25) is 5.78 Å². The minimum atomic E-state index is -0.601. The normalized spacial score (nSPS) is 10.7. The molecule has 0 saturated carbocycles. The fraction of sp³-hybridized carbons (Fsp3) is 0.286. The van der Waals surface area contributed by atoms with E-state index in [1.165, 1.54) is 0 Å². The first-order valence-corrected chi connectivity index (χ1v) is 8.86. The van der Waals surface area contributed by atoms with Crippen molar-refractivity contribution in [3.63, 3.8) is 0 Å². The first-order valence-electron chi connectivity index (χ1n) is 8.86. The Morgan fingerprint density at radius 3 is 2.54 bits per heavy atom. The van der Waals surface area contributed by atoms with Crippen molar-refractivity contribution in [3.05, 3.63) is 64.7 Å². The van der Waals surface area contributed by atoms with Crippen LogP contribution >= 0.6 is 0 Å². The van der Waals surface area contributed by atoms with Crippen LogP contribution in [0.3, 0.4) is 0 Å². The summed E-state index contributed by atoms with van der Waals surface area (Å²) in [5.74, 6) is 0.974. The van der Waals surface area contributed by atoms with Crippen molar-refractivity contribution in [2.24, 2.45) is 0 Å². The van der Waals surface area contributed by atoms with E-state index in [0.29, 0.717) is 28.6 Å². The fourth-order valence-electron chi connectivity index (χ4n) is 2.97. The van der Waals surface area contributed by atoms with E-state index < -0.39 is 5.97 Å². The summed E-state index contributed by atoms with van der Waals surface area (Å²) < 4.78 is 17.4. The van der Waals surface area contributed by atoms with E-state index in [1.807, 2.05) is 43.5 Å². The molecule has 0 N–H and O–H groups in total. The van der Waals surface area contributed by atoms with Gasteiger partial charge >= 0.3 is 5.97 Å². The highest BCUT2D eigenvalue weighted by atomic mass is 16.6. The number of nitrogens with zero attached hydrogens (tertiary/aromatic N) is 2. The second-order valence-electron chi connectivity index (χ2n) is 6.61. The Hall–Kier alpha value is -3.35. The summed E-state index contributed by atoms with van der Waals surface area (Å²) in [6, 6.07) is 10.9. The van der Waals surface area contributed by atoms with Crippen LogP contribution in [0.1, 0.15) is 33.1 Å². The molecule has 28 heavy (non-hydrogen) atoms. The number of ketones is 1. The quantitative estimate of drug-likeness (QED) is 0.459. The SMILES string of the molecule is Cc1cccc(OCC(=O)OCC(=O)c2cc(C)n(-c3cc(C)on3)c2C)c1. The Bertz CT molecular complexity index is 1020. The molecule has 7 heteroatoms.